The fourth-order valence-corrected chi connectivity index (χ4v) is 1.65. The van der Waals surface area contributed by atoms with E-state index in [9.17, 15) is 9.59 Å². The van der Waals surface area contributed by atoms with Gasteiger partial charge in [0, 0.05) is 11.9 Å². The molecule has 2 aromatic rings. The van der Waals surface area contributed by atoms with Crippen LogP contribution < -0.4 is 5.32 Å². The maximum atomic E-state index is 12.0. The molecule has 1 amide bonds. The second kappa shape index (κ2) is 5.39. The molecular formula is C13H17N5O3. The monoisotopic (exact) mass is 291 g/mol. The van der Waals surface area contributed by atoms with Gasteiger partial charge in [-0.25, -0.2) is 4.79 Å². The Hall–Kier alpha value is -2.64. The second-order valence-electron chi connectivity index (χ2n) is 5.12. The summed E-state index contributed by atoms with van der Waals surface area (Å²) in [5.41, 5.74) is 0.361. The summed E-state index contributed by atoms with van der Waals surface area (Å²) in [6, 6.07) is 1.67. The molecule has 2 rings (SSSR count). The van der Waals surface area contributed by atoms with Crippen LogP contribution in [0.3, 0.4) is 0 Å². The molecule has 0 atom stereocenters. The number of H-pyrrole nitrogens is 1. The lowest BCUT2D eigenvalue weighted by Gasteiger charge is -2.19. The molecule has 2 heterocycles. The summed E-state index contributed by atoms with van der Waals surface area (Å²) in [4.78, 5) is 23.1. The summed E-state index contributed by atoms with van der Waals surface area (Å²) < 4.78 is 1.28. The fourth-order valence-electron chi connectivity index (χ4n) is 1.65. The standard InChI is InChI=1S/C13H17N5O3/c1-4-8-5-10(17-16-8)11(19)15-9-6-14-18(7-9)13(2,3)12(20)21/h5-7H,4H2,1-3H3,(H,15,19)(H,16,17)(H,20,21). The molecule has 21 heavy (non-hydrogen) atoms. The van der Waals surface area contributed by atoms with Crippen LogP contribution in [0, 0.1) is 0 Å². The van der Waals surface area contributed by atoms with Crippen LogP contribution in [0.4, 0.5) is 5.69 Å². The first kappa shape index (κ1) is 14.8. The Morgan fingerprint density at radius 1 is 1.48 bits per heavy atom. The SMILES string of the molecule is CCc1cc(C(=O)Nc2cnn(C(C)(C)C(=O)O)c2)n[nH]1. The number of amides is 1. The third-order valence-electron chi connectivity index (χ3n) is 3.18. The molecule has 8 heteroatoms. The largest absolute Gasteiger partial charge is 0.479 e. The van der Waals surface area contributed by atoms with E-state index in [-0.39, 0.29) is 11.6 Å². The first-order chi connectivity index (χ1) is 9.84. The number of hydrogen-bond acceptors (Lipinski definition) is 4. The number of rotatable bonds is 5. The molecule has 0 radical (unpaired) electrons. The predicted octanol–water partition coefficient (Wildman–Crippen LogP) is 1.24. The van der Waals surface area contributed by atoms with Gasteiger partial charge >= 0.3 is 5.97 Å². The number of nitrogens with one attached hydrogen (secondary N) is 2. The van der Waals surface area contributed by atoms with Crippen molar-refractivity contribution in [3.05, 3.63) is 29.8 Å². The van der Waals surface area contributed by atoms with Gasteiger partial charge in [0.25, 0.3) is 5.91 Å². The molecule has 3 N–H and O–H groups in total. The van der Waals surface area contributed by atoms with Gasteiger partial charge < -0.3 is 10.4 Å². The minimum Gasteiger partial charge on any atom is -0.479 e. The number of hydrogen-bond donors (Lipinski definition) is 3. The van der Waals surface area contributed by atoms with Crippen molar-refractivity contribution in [3.63, 3.8) is 0 Å². The lowest BCUT2D eigenvalue weighted by atomic mass is 10.1. The molecule has 0 aliphatic heterocycles. The minimum absolute atomic E-state index is 0.275. The van der Waals surface area contributed by atoms with E-state index in [4.69, 9.17) is 5.11 Å². The van der Waals surface area contributed by atoms with Crippen LogP contribution in [0.1, 0.15) is 37.0 Å². The van der Waals surface area contributed by atoms with E-state index in [1.54, 1.807) is 6.07 Å². The molecule has 0 aromatic carbocycles. The topological polar surface area (TPSA) is 113 Å². The summed E-state index contributed by atoms with van der Waals surface area (Å²) in [5, 5.41) is 22.4. The second-order valence-corrected chi connectivity index (χ2v) is 5.12. The molecule has 0 saturated heterocycles. The molecule has 0 unspecified atom stereocenters. The van der Waals surface area contributed by atoms with Gasteiger partial charge in [0.05, 0.1) is 11.9 Å². The number of aromatic amines is 1. The highest BCUT2D eigenvalue weighted by Crippen LogP contribution is 2.17. The number of carboxylic acids is 1. The Balaban J connectivity index is 2.12. The van der Waals surface area contributed by atoms with Gasteiger partial charge in [0.15, 0.2) is 11.2 Å². The average molecular weight is 291 g/mol. The zero-order valence-corrected chi connectivity index (χ0v) is 12.0. The molecule has 8 nitrogen and oxygen atoms in total. The summed E-state index contributed by atoms with van der Waals surface area (Å²) in [5.74, 6) is -1.39. The van der Waals surface area contributed by atoms with Crippen molar-refractivity contribution in [1.29, 1.82) is 0 Å². The summed E-state index contributed by atoms with van der Waals surface area (Å²) in [6.45, 7) is 5.00. The van der Waals surface area contributed by atoms with Gasteiger partial charge in [0.1, 0.15) is 0 Å². The van der Waals surface area contributed by atoms with Crippen molar-refractivity contribution in [1.82, 2.24) is 20.0 Å². The molecule has 0 aliphatic rings. The van der Waals surface area contributed by atoms with E-state index >= 15 is 0 Å². The van der Waals surface area contributed by atoms with Crippen LogP contribution >= 0.6 is 0 Å². The Labute approximate surface area is 121 Å². The number of carbonyl (C=O) groups excluding carboxylic acids is 1. The highest BCUT2D eigenvalue weighted by molar-refractivity contribution is 6.02. The van der Waals surface area contributed by atoms with E-state index in [2.05, 4.69) is 20.6 Å². The number of aliphatic carboxylic acids is 1. The van der Waals surface area contributed by atoms with Gasteiger partial charge in [-0.05, 0) is 26.3 Å². The van der Waals surface area contributed by atoms with Crippen LogP contribution in [0.15, 0.2) is 18.5 Å². The fraction of sp³-hybridized carbons (Fsp3) is 0.385. The molecule has 0 fully saturated rings. The van der Waals surface area contributed by atoms with Gasteiger partial charge in [-0.1, -0.05) is 6.92 Å². The van der Waals surface area contributed by atoms with Crippen LogP contribution in [0.5, 0.6) is 0 Å². The van der Waals surface area contributed by atoms with Crippen LogP contribution in [-0.2, 0) is 16.8 Å². The number of carboxylic acid groups (broad SMARTS) is 1. The van der Waals surface area contributed by atoms with Crippen molar-refractivity contribution in [2.45, 2.75) is 32.7 Å². The van der Waals surface area contributed by atoms with Crippen LogP contribution in [-0.4, -0.2) is 37.0 Å². The third-order valence-corrected chi connectivity index (χ3v) is 3.18. The molecule has 0 bridgehead atoms. The highest BCUT2D eigenvalue weighted by atomic mass is 16.4. The van der Waals surface area contributed by atoms with Gasteiger partial charge in [-0.2, -0.15) is 10.2 Å². The summed E-state index contributed by atoms with van der Waals surface area (Å²) in [7, 11) is 0. The molecular weight excluding hydrogens is 274 g/mol. The Morgan fingerprint density at radius 3 is 2.76 bits per heavy atom. The first-order valence-corrected chi connectivity index (χ1v) is 6.48. The maximum Gasteiger partial charge on any atom is 0.331 e. The molecule has 0 aliphatic carbocycles. The van der Waals surface area contributed by atoms with E-state index in [1.165, 1.54) is 30.9 Å². The molecule has 2 aromatic heterocycles. The quantitative estimate of drug-likeness (QED) is 0.767. The number of aryl methyl sites for hydroxylation is 1. The van der Waals surface area contributed by atoms with E-state index in [0.717, 1.165) is 12.1 Å². The Bertz CT molecular complexity index is 671. The third kappa shape index (κ3) is 2.93. The van der Waals surface area contributed by atoms with Crippen LogP contribution in [0.25, 0.3) is 0 Å². The maximum absolute atomic E-state index is 12.0. The molecule has 0 spiro atoms. The normalized spacial score (nSPS) is 11.4. The number of anilines is 1. The number of carbonyl (C=O) groups is 2. The first-order valence-electron chi connectivity index (χ1n) is 6.48. The van der Waals surface area contributed by atoms with E-state index in [0.29, 0.717) is 5.69 Å². The summed E-state index contributed by atoms with van der Waals surface area (Å²) in [6.07, 6.45) is 3.63. The van der Waals surface area contributed by atoms with Crippen molar-refractivity contribution >= 4 is 17.6 Å². The van der Waals surface area contributed by atoms with Gasteiger partial charge in [0.2, 0.25) is 0 Å². The van der Waals surface area contributed by atoms with Crippen LogP contribution in [0.2, 0.25) is 0 Å². The highest BCUT2D eigenvalue weighted by Gasteiger charge is 2.30. The predicted molar refractivity (Wildman–Crippen MR) is 75.1 cm³/mol. The molecule has 112 valence electrons. The van der Waals surface area contributed by atoms with Gasteiger partial charge in [-0.3, -0.25) is 14.6 Å². The smallest absolute Gasteiger partial charge is 0.331 e. The number of nitrogens with zero attached hydrogens (tertiary/aromatic N) is 3. The average Bonchev–Trinajstić information content (AvgIpc) is 3.07. The van der Waals surface area contributed by atoms with Crippen molar-refractivity contribution in [3.8, 4) is 0 Å². The number of aromatic nitrogens is 4. The minimum atomic E-state index is -1.19. The molecule has 0 saturated carbocycles. The Kier molecular flexibility index (Phi) is 3.79. The van der Waals surface area contributed by atoms with Crippen molar-refractivity contribution in [2.75, 3.05) is 5.32 Å². The zero-order valence-electron chi connectivity index (χ0n) is 12.0. The van der Waals surface area contributed by atoms with Crippen molar-refractivity contribution in [2.24, 2.45) is 0 Å². The lowest BCUT2D eigenvalue weighted by Crippen LogP contribution is -2.35. The zero-order chi connectivity index (χ0) is 15.6. The lowest BCUT2D eigenvalue weighted by molar-refractivity contribution is -0.146. The van der Waals surface area contributed by atoms with Gasteiger partial charge in [-0.15, -0.1) is 0 Å². The Morgan fingerprint density at radius 2 is 2.19 bits per heavy atom. The summed E-state index contributed by atoms with van der Waals surface area (Å²) >= 11 is 0. The van der Waals surface area contributed by atoms with E-state index in [1.807, 2.05) is 6.92 Å². The van der Waals surface area contributed by atoms with Crippen molar-refractivity contribution < 1.29 is 14.7 Å². The van der Waals surface area contributed by atoms with E-state index < -0.39 is 11.5 Å².